The van der Waals surface area contributed by atoms with E-state index in [1.807, 2.05) is 0 Å². The van der Waals surface area contributed by atoms with Crippen LogP contribution < -0.4 is 5.73 Å². The first-order chi connectivity index (χ1) is 4.20. The summed E-state index contributed by atoms with van der Waals surface area (Å²) < 4.78 is 21.1. The Labute approximate surface area is 54.4 Å². The molecule has 1 aliphatic heterocycles. The van der Waals surface area contributed by atoms with Crippen molar-refractivity contribution in [2.75, 3.05) is 13.2 Å². The molecule has 0 aromatic heterocycles. The third-order valence-electron chi connectivity index (χ3n) is 1.01. The van der Waals surface area contributed by atoms with Crippen LogP contribution in [0.25, 0.3) is 0 Å². The standard InChI is InChI=1S/C3H8N2O3S/c4-3-1-5(8-2-3)9(6)7/h3,9H,1-2,4H2. The normalized spacial score (nSPS) is 29.8. The van der Waals surface area contributed by atoms with E-state index in [-0.39, 0.29) is 12.6 Å². The molecule has 6 heteroatoms. The van der Waals surface area contributed by atoms with Crippen LogP contribution in [0.4, 0.5) is 0 Å². The van der Waals surface area contributed by atoms with Gasteiger partial charge in [-0.25, -0.2) is 8.42 Å². The van der Waals surface area contributed by atoms with Crippen molar-refractivity contribution in [3.63, 3.8) is 0 Å². The zero-order valence-electron chi connectivity index (χ0n) is 4.69. The second kappa shape index (κ2) is 2.61. The molecule has 0 aromatic rings. The van der Waals surface area contributed by atoms with E-state index in [4.69, 9.17) is 5.73 Å². The first-order valence-corrected chi connectivity index (χ1v) is 3.63. The number of rotatable bonds is 1. The van der Waals surface area contributed by atoms with Gasteiger partial charge in [0, 0.05) is 6.04 Å². The van der Waals surface area contributed by atoms with Crippen molar-refractivity contribution in [3.8, 4) is 0 Å². The summed E-state index contributed by atoms with van der Waals surface area (Å²) >= 11 is 0. The molecule has 54 valence electrons. The molecule has 1 atom stereocenters. The van der Waals surface area contributed by atoms with Gasteiger partial charge in [-0.05, 0) is 0 Å². The van der Waals surface area contributed by atoms with Gasteiger partial charge >= 0.3 is 0 Å². The summed E-state index contributed by atoms with van der Waals surface area (Å²) in [4.78, 5) is 4.64. The van der Waals surface area contributed by atoms with Crippen LogP contribution in [-0.4, -0.2) is 32.1 Å². The van der Waals surface area contributed by atoms with Gasteiger partial charge < -0.3 is 5.73 Å². The largest absolute Gasteiger partial charge is 0.324 e. The highest BCUT2D eigenvalue weighted by atomic mass is 32.2. The van der Waals surface area contributed by atoms with Crippen molar-refractivity contribution in [1.82, 2.24) is 4.47 Å². The molecule has 1 fully saturated rings. The number of hydroxylamine groups is 1. The summed E-state index contributed by atoms with van der Waals surface area (Å²) in [5, 5.41) is 0. The lowest BCUT2D eigenvalue weighted by atomic mass is 10.4. The second-order valence-corrected chi connectivity index (χ2v) is 2.75. The average Bonchev–Trinajstić information content (AvgIpc) is 2.14. The molecule has 0 aliphatic carbocycles. The Hall–Kier alpha value is -0.170. The van der Waals surface area contributed by atoms with Gasteiger partial charge in [0.2, 0.25) is 10.9 Å². The molecule has 0 saturated carbocycles. The van der Waals surface area contributed by atoms with E-state index in [9.17, 15) is 8.42 Å². The smallest absolute Gasteiger partial charge is 0.225 e. The molecule has 1 saturated heterocycles. The van der Waals surface area contributed by atoms with Crippen LogP contribution >= 0.6 is 0 Å². The Morgan fingerprint density at radius 1 is 1.67 bits per heavy atom. The predicted octanol–water partition coefficient (Wildman–Crippen LogP) is -1.91. The maximum Gasteiger partial charge on any atom is 0.225 e. The third-order valence-corrected chi connectivity index (χ3v) is 1.65. The summed E-state index contributed by atoms with van der Waals surface area (Å²) in [6, 6.07) is -0.169. The van der Waals surface area contributed by atoms with Crippen molar-refractivity contribution in [2.45, 2.75) is 6.04 Å². The lowest BCUT2D eigenvalue weighted by Crippen LogP contribution is -2.26. The summed E-state index contributed by atoms with van der Waals surface area (Å²) in [6.45, 7) is 0.571. The first kappa shape index (κ1) is 6.94. The summed E-state index contributed by atoms with van der Waals surface area (Å²) in [7, 11) is -2.60. The number of hydrogen-bond donors (Lipinski definition) is 2. The van der Waals surface area contributed by atoms with Crippen molar-refractivity contribution in [3.05, 3.63) is 0 Å². The quantitative estimate of drug-likeness (QED) is 0.430. The highest BCUT2D eigenvalue weighted by Crippen LogP contribution is 2.01. The van der Waals surface area contributed by atoms with Crippen molar-refractivity contribution in [2.24, 2.45) is 5.73 Å². The van der Waals surface area contributed by atoms with E-state index in [2.05, 4.69) is 4.84 Å². The maximum atomic E-state index is 10.1. The average molecular weight is 152 g/mol. The van der Waals surface area contributed by atoms with Gasteiger partial charge in [-0.2, -0.15) is 0 Å². The van der Waals surface area contributed by atoms with Crippen LogP contribution in [0.3, 0.4) is 0 Å². The number of hydrogen-bond acceptors (Lipinski definition) is 4. The van der Waals surface area contributed by atoms with Gasteiger partial charge in [0.1, 0.15) is 0 Å². The fraction of sp³-hybridized carbons (Fsp3) is 1.00. The molecular weight excluding hydrogens is 144 g/mol. The van der Waals surface area contributed by atoms with Crippen LogP contribution in [0.2, 0.25) is 0 Å². The Kier molecular flexibility index (Phi) is 2.01. The summed E-state index contributed by atoms with van der Waals surface area (Å²) in [6.07, 6.45) is 0. The minimum atomic E-state index is -2.60. The van der Waals surface area contributed by atoms with E-state index in [1.54, 1.807) is 0 Å². The predicted molar refractivity (Wildman–Crippen MR) is 30.9 cm³/mol. The van der Waals surface area contributed by atoms with Gasteiger partial charge in [0.15, 0.2) is 0 Å². The summed E-state index contributed by atoms with van der Waals surface area (Å²) in [5.74, 6) is 0. The van der Waals surface area contributed by atoms with Gasteiger partial charge in [-0.1, -0.05) is 4.47 Å². The molecule has 1 heterocycles. The monoisotopic (exact) mass is 152 g/mol. The van der Waals surface area contributed by atoms with Crippen molar-refractivity contribution < 1.29 is 13.3 Å². The van der Waals surface area contributed by atoms with Crippen LogP contribution in [0.5, 0.6) is 0 Å². The molecule has 1 unspecified atom stereocenters. The van der Waals surface area contributed by atoms with E-state index < -0.39 is 10.9 Å². The van der Waals surface area contributed by atoms with Crippen molar-refractivity contribution in [1.29, 1.82) is 0 Å². The lowest BCUT2D eigenvalue weighted by Gasteiger charge is -2.00. The Morgan fingerprint density at radius 3 is 2.56 bits per heavy atom. The zero-order chi connectivity index (χ0) is 6.85. The molecule has 2 N–H and O–H groups in total. The fourth-order valence-electron chi connectivity index (χ4n) is 0.602. The van der Waals surface area contributed by atoms with Gasteiger partial charge in [-0.15, -0.1) is 0 Å². The van der Waals surface area contributed by atoms with Gasteiger partial charge in [0.25, 0.3) is 0 Å². The van der Waals surface area contributed by atoms with E-state index in [0.29, 0.717) is 6.61 Å². The first-order valence-electron chi connectivity index (χ1n) is 2.50. The van der Waals surface area contributed by atoms with Crippen LogP contribution in [0.15, 0.2) is 0 Å². The molecule has 0 spiro atoms. The number of thiol groups is 1. The summed E-state index contributed by atoms with van der Waals surface area (Å²) in [5.41, 5.74) is 5.33. The highest BCUT2D eigenvalue weighted by Gasteiger charge is 2.21. The van der Waals surface area contributed by atoms with Gasteiger partial charge in [-0.3, -0.25) is 4.84 Å². The van der Waals surface area contributed by atoms with Crippen LogP contribution in [-0.2, 0) is 15.7 Å². The third kappa shape index (κ3) is 1.62. The topological polar surface area (TPSA) is 72.6 Å². The lowest BCUT2D eigenvalue weighted by molar-refractivity contribution is -0.0250. The molecule has 1 aliphatic rings. The molecule has 0 amide bonds. The Bertz CT molecular complexity index is 160. The number of nitrogens with two attached hydrogens (primary N) is 1. The molecule has 0 aromatic carbocycles. The fourth-order valence-corrected chi connectivity index (χ4v) is 1.11. The Morgan fingerprint density at radius 2 is 2.33 bits per heavy atom. The molecular formula is C3H8N2O3S. The minimum absolute atomic E-state index is 0.169. The van der Waals surface area contributed by atoms with Gasteiger partial charge in [0.05, 0.1) is 13.2 Å². The SMILES string of the molecule is NC1CON([SH](=O)=O)C1. The van der Waals surface area contributed by atoms with Crippen LogP contribution in [0, 0.1) is 0 Å². The molecule has 5 nitrogen and oxygen atoms in total. The molecule has 1 rings (SSSR count). The zero-order valence-corrected chi connectivity index (χ0v) is 5.58. The van der Waals surface area contributed by atoms with E-state index >= 15 is 0 Å². The van der Waals surface area contributed by atoms with E-state index in [1.165, 1.54) is 0 Å². The molecule has 9 heavy (non-hydrogen) atoms. The molecule has 0 radical (unpaired) electrons. The van der Waals surface area contributed by atoms with E-state index in [0.717, 1.165) is 4.47 Å². The highest BCUT2D eigenvalue weighted by molar-refractivity contribution is 7.69. The molecule has 0 bridgehead atoms. The minimum Gasteiger partial charge on any atom is -0.324 e. The van der Waals surface area contributed by atoms with Crippen molar-refractivity contribution >= 4 is 10.9 Å². The second-order valence-electron chi connectivity index (χ2n) is 1.83. The van der Waals surface area contributed by atoms with Crippen LogP contribution in [0.1, 0.15) is 0 Å². The maximum absolute atomic E-state index is 10.1. The number of nitrogens with zero attached hydrogens (tertiary/aromatic N) is 1. The Balaban J connectivity index is 2.48.